The van der Waals surface area contributed by atoms with Crippen LogP contribution in [0, 0.1) is 0 Å². The third kappa shape index (κ3) is 3.27. The van der Waals surface area contributed by atoms with Crippen molar-refractivity contribution in [3.05, 3.63) is 53.3 Å². The minimum atomic E-state index is -1.26. The normalized spacial score (nSPS) is 21.0. The quantitative estimate of drug-likeness (QED) is 0.814. The number of unbranched alkanes of at least 4 members (excludes halogenated alkanes) is 2. The van der Waals surface area contributed by atoms with Crippen molar-refractivity contribution < 1.29 is 19.4 Å². The Morgan fingerprint density at radius 2 is 2.18 bits per heavy atom. The molecule has 1 heterocycles. The van der Waals surface area contributed by atoms with Crippen LogP contribution in [-0.2, 0) is 19.9 Å². The first-order valence-corrected chi connectivity index (χ1v) is 7.43. The highest BCUT2D eigenvalue weighted by atomic mass is 16.5. The Morgan fingerprint density at radius 1 is 1.41 bits per heavy atom. The van der Waals surface area contributed by atoms with E-state index in [1.807, 2.05) is 24.3 Å². The van der Waals surface area contributed by atoms with Gasteiger partial charge in [-0.15, -0.1) is 0 Å². The number of ketones is 1. The molecule has 0 aromatic heterocycles. The Kier molecular flexibility index (Phi) is 4.81. The molecule has 1 unspecified atom stereocenters. The number of hydrogen-bond donors (Lipinski definition) is 1. The van der Waals surface area contributed by atoms with E-state index >= 15 is 0 Å². The largest absolute Gasteiger partial charge is 0.475 e. The van der Waals surface area contributed by atoms with E-state index in [9.17, 15) is 9.59 Å². The molecule has 1 aliphatic rings. The summed E-state index contributed by atoms with van der Waals surface area (Å²) < 4.78 is 5.39. The van der Waals surface area contributed by atoms with Crippen LogP contribution in [0.3, 0.4) is 0 Å². The number of rotatable bonds is 6. The number of carboxylic acids is 1. The van der Waals surface area contributed by atoms with Gasteiger partial charge in [0, 0.05) is 11.6 Å². The third-order valence-corrected chi connectivity index (χ3v) is 3.73. The molecule has 1 aromatic carbocycles. The molecule has 0 radical (unpaired) electrons. The van der Waals surface area contributed by atoms with Crippen molar-refractivity contribution >= 4 is 17.8 Å². The molecule has 4 nitrogen and oxygen atoms in total. The maximum atomic E-state index is 12.1. The Bertz CT molecular complexity index is 642. The first-order chi connectivity index (χ1) is 10.5. The lowest BCUT2D eigenvalue weighted by molar-refractivity contribution is -0.141. The van der Waals surface area contributed by atoms with Crippen molar-refractivity contribution in [2.75, 3.05) is 0 Å². The zero-order valence-electron chi connectivity index (χ0n) is 12.8. The number of carbonyl (C=O) groups excluding carboxylic acids is 1. The molecule has 2 rings (SSSR count). The van der Waals surface area contributed by atoms with Gasteiger partial charge in [-0.1, -0.05) is 50.1 Å². The maximum absolute atomic E-state index is 12.1. The molecule has 0 spiro atoms. The molecular formula is C18H20O4. The van der Waals surface area contributed by atoms with Gasteiger partial charge in [-0.3, -0.25) is 4.79 Å². The van der Waals surface area contributed by atoms with E-state index in [2.05, 4.69) is 13.0 Å². The highest BCUT2D eigenvalue weighted by Crippen LogP contribution is 2.35. The number of hydrogen-bond acceptors (Lipinski definition) is 3. The fourth-order valence-corrected chi connectivity index (χ4v) is 2.34. The van der Waals surface area contributed by atoms with Gasteiger partial charge >= 0.3 is 5.97 Å². The first kappa shape index (κ1) is 16.0. The molecular weight excluding hydrogens is 280 g/mol. The molecule has 4 heteroatoms. The topological polar surface area (TPSA) is 63.6 Å². The molecule has 1 atom stereocenters. The van der Waals surface area contributed by atoms with E-state index < -0.39 is 11.6 Å². The van der Waals surface area contributed by atoms with Gasteiger partial charge in [0.25, 0.3) is 0 Å². The van der Waals surface area contributed by atoms with Crippen LogP contribution in [0.25, 0.3) is 6.08 Å². The summed E-state index contributed by atoms with van der Waals surface area (Å²) in [6.07, 6.45) is 8.46. The van der Waals surface area contributed by atoms with Crippen molar-refractivity contribution in [3.63, 3.8) is 0 Å². The summed E-state index contributed by atoms with van der Waals surface area (Å²) in [4.78, 5) is 23.1. The van der Waals surface area contributed by atoms with E-state index in [0.29, 0.717) is 5.56 Å². The SMILES string of the molecule is CCCCC=Cc1cccc(C2(C)OC(C(=O)O)=CC2=O)c1. The summed E-state index contributed by atoms with van der Waals surface area (Å²) in [5.41, 5.74) is 0.360. The minimum Gasteiger partial charge on any atom is -0.475 e. The van der Waals surface area contributed by atoms with Crippen LogP contribution in [0.1, 0.15) is 44.2 Å². The lowest BCUT2D eigenvalue weighted by atomic mass is 9.91. The number of aliphatic carboxylic acids is 1. The Balaban J connectivity index is 2.21. The standard InChI is InChI=1S/C18H20O4/c1-3-4-5-6-8-13-9-7-10-14(11-13)18(2)16(19)12-15(22-18)17(20)21/h6-12H,3-5H2,1-2H3,(H,20,21). The van der Waals surface area contributed by atoms with E-state index in [-0.39, 0.29) is 11.5 Å². The molecule has 0 saturated carbocycles. The number of ether oxygens (including phenoxy) is 1. The molecule has 0 bridgehead atoms. The van der Waals surface area contributed by atoms with Crippen molar-refractivity contribution in [2.45, 2.75) is 38.7 Å². The molecule has 0 aliphatic carbocycles. The third-order valence-electron chi connectivity index (χ3n) is 3.73. The van der Waals surface area contributed by atoms with Gasteiger partial charge in [-0.05, 0) is 25.0 Å². The Morgan fingerprint density at radius 3 is 2.82 bits per heavy atom. The van der Waals surface area contributed by atoms with Gasteiger partial charge in [-0.25, -0.2) is 4.79 Å². The number of benzene rings is 1. The summed E-state index contributed by atoms with van der Waals surface area (Å²) in [5, 5.41) is 8.97. The molecule has 0 amide bonds. The molecule has 1 aliphatic heterocycles. The van der Waals surface area contributed by atoms with Crippen molar-refractivity contribution in [2.24, 2.45) is 0 Å². The van der Waals surface area contributed by atoms with Gasteiger partial charge in [-0.2, -0.15) is 0 Å². The summed E-state index contributed by atoms with van der Waals surface area (Å²) in [5.74, 6) is -1.89. The average molecular weight is 300 g/mol. The van der Waals surface area contributed by atoms with Crippen LogP contribution < -0.4 is 0 Å². The summed E-state index contributed by atoms with van der Waals surface area (Å²) in [6, 6.07) is 7.43. The zero-order valence-corrected chi connectivity index (χ0v) is 12.8. The Hall–Kier alpha value is -2.36. The minimum absolute atomic E-state index is 0.309. The van der Waals surface area contributed by atoms with Gasteiger partial charge in [0.05, 0.1) is 0 Å². The first-order valence-electron chi connectivity index (χ1n) is 7.43. The Labute approximate surface area is 130 Å². The molecule has 22 heavy (non-hydrogen) atoms. The fourth-order valence-electron chi connectivity index (χ4n) is 2.34. The second kappa shape index (κ2) is 6.60. The lowest BCUT2D eigenvalue weighted by Crippen LogP contribution is -2.30. The van der Waals surface area contributed by atoms with Gasteiger partial charge in [0.2, 0.25) is 11.5 Å². The number of carbonyl (C=O) groups is 2. The monoisotopic (exact) mass is 300 g/mol. The number of allylic oxidation sites excluding steroid dienone is 1. The maximum Gasteiger partial charge on any atom is 0.371 e. The summed E-state index contributed by atoms with van der Waals surface area (Å²) in [7, 11) is 0. The van der Waals surface area contributed by atoms with Crippen molar-refractivity contribution in [3.8, 4) is 0 Å². The average Bonchev–Trinajstić information content (AvgIpc) is 2.81. The van der Waals surface area contributed by atoms with E-state index in [4.69, 9.17) is 9.84 Å². The molecule has 116 valence electrons. The van der Waals surface area contributed by atoms with Crippen molar-refractivity contribution in [1.82, 2.24) is 0 Å². The van der Waals surface area contributed by atoms with Gasteiger partial charge in [0.1, 0.15) is 0 Å². The van der Waals surface area contributed by atoms with Crippen LogP contribution in [-0.4, -0.2) is 16.9 Å². The predicted octanol–water partition coefficient (Wildman–Crippen LogP) is 3.67. The van der Waals surface area contributed by atoms with Gasteiger partial charge in [0.15, 0.2) is 5.60 Å². The summed E-state index contributed by atoms with van der Waals surface area (Å²) in [6.45, 7) is 3.74. The smallest absolute Gasteiger partial charge is 0.371 e. The molecule has 1 aromatic rings. The second-order valence-corrected chi connectivity index (χ2v) is 5.48. The zero-order chi connectivity index (χ0) is 16.2. The summed E-state index contributed by atoms with van der Waals surface area (Å²) >= 11 is 0. The highest BCUT2D eigenvalue weighted by Gasteiger charge is 2.43. The van der Waals surface area contributed by atoms with Crippen LogP contribution in [0.5, 0.6) is 0 Å². The highest BCUT2D eigenvalue weighted by molar-refractivity contribution is 6.05. The fraction of sp³-hybridized carbons (Fsp3) is 0.333. The molecule has 0 fully saturated rings. The van der Waals surface area contributed by atoms with E-state index in [1.165, 1.54) is 0 Å². The van der Waals surface area contributed by atoms with Crippen LogP contribution in [0.4, 0.5) is 0 Å². The van der Waals surface area contributed by atoms with Gasteiger partial charge < -0.3 is 9.84 Å². The number of carboxylic acid groups (broad SMARTS) is 1. The van der Waals surface area contributed by atoms with Crippen LogP contribution in [0.2, 0.25) is 0 Å². The van der Waals surface area contributed by atoms with Crippen LogP contribution in [0.15, 0.2) is 42.2 Å². The molecule has 0 saturated heterocycles. The predicted molar refractivity (Wildman–Crippen MR) is 84.2 cm³/mol. The second-order valence-electron chi connectivity index (χ2n) is 5.48. The van der Waals surface area contributed by atoms with E-state index in [0.717, 1.165) is 30.9 Å². The molecule has 1 N–H and O–H groups in total. The lowest BCUT2D eigenvalue weighted by Gasteiger charge is -2.23. The van der Waals surface area contributed by atoms with Crippen molar-refractivity contribution in [1.29, 1.82) is 0 Å². The van der Waals surface area contributed by atoms with E-state index in [1.54, 1.807) is 13.0 Å². The van der Waals surface area contributed by atoms with Crippen LogP contribution >= 0.6 is 0 Å².